The minimum Gasteiger partial charge on any atom is -0.266 e. The van der Waals surface area contributed by atoms with Crippen molar-refractivity contribution in [1.29, 1.82) is 0 Å². The van der Waals surface area contributed by atoms with Gasteiger partial charge in [0.2, 0.25) is 0 Å². The van der Waals surface area contributed by atoms with E-state index in [0.29, 0.717) is 12.8 Å². The molecule has 0 aliphatic carbocycles. The minimum atomic E-state index is -4.03. The van der Waals surface area contributed by atoms with Crippen molar-refractivity contribution in [3.63, 3.8) is 0 Å². The molecule has 0 aromatic heterocycles. The van der Waals surface area contributed by atoms with Crippen LogP contribution >= 0.6 is 0 Å². The highest BCUT2D eigenvalue weighted by atomic mass is 32.2. The van der Waals surface area contributed by atoms with E-state index in [-0.39, 0.29) is 10.6 Å². The molecule has 0 saturated heterocycles. The van der Waals surface area contributed by atoms with Crippen LogP contribution in [0, 0.1) is 10.1 Å². The lowest BCUT2D eigenvalue weighted by Crippen LogP contribution is -2.07. The first-order valence-electron chi connectivity index (χ1n) is 5.54. The molecule has 1 rings (SSSR count). The topological polar surface area (TPSA) is 86.5 Å². The maximum atomic E-state index is 11.7. The molecular formula is C10H13NO5S. The summed E-state index contributed by atoms with van der Waals surface area (Å²) in [5, 5.41) is 10.4. The van der Waals surface area contributed by atoms with Crippen molar-refractivity contribution in [1.82, 2.24) is 0 Å². The van der Waals surface area contributed by atoms with E-state index in [4.69, 9.17) is 1.37 Å². The monoisotopic (exact) mass is 260 g/mol. The summed E-state index contributed by atoms with van der Waals surface area (Å²) in [6.07, 6.45) is 0.927. The third-order valence-corrected chi connectivity index (χ3v) is 3.18. The van der Waals surface area contributed by atoms with E-state index in [9.17, 15) is 18.5 Å². The molecule has 0 N–H and O–H groups in total. The Hall–Kier alpha value is -1.47. The van der Waals surface area contributed by atoms with E-state index < -0.39 is 21.6 Å². The number of rotatable bonds is 6. The van der Waals surface area contributed by atoms with Crippen LogP contribution in [0.5, 0.6) is 0 Å². The Morgan fingerprint density at radius 2 is 2.00 bits per heavy atom. The molecule has 0 saturated carbocycles. The van der Waals surface area contributed by atoms with E-state index in [1.54, 1.807) is 0 Å². The molecule has 17 heavy (non-hydrogen) atoms. The molecule has 0 amide bonds. The van der Waals surface area contributed by atoms with Crippen LogP contribution in [0.3, 0.4) is 0 Å². The van der Waals surface area contributed by atoms with Crippen molar-refractivity contribution in [2.45, 2.75) is 24.7 Å². The molecule has 0 fully saturated rings. The van der Waals surface area contributed by atoms with Crippen molar-refractivity contribution in [2.75, 3.05) is 6.58 Å². The van der Waals surface area contributed by atoms with Gasteiger partial charge in [0.05, 0.1) is 17.8 Å². The van der Waals surface area contributed by atoms with Gasteiger partial charge in [0.15, 0.2) is 0 Å². The molecule has 6 nitrogen and oxygen atoms in total. The quantitative estimate of drug-likeness (QED) is 0.444. The lowest BCUT2D eigenvalue weighted by molar-refractivity contribution is -0.384. The largest absolute Gasteiger partial charge is 0.296 e. The zero-order valence-corrected chi connectivity index (χ0v) is 10.0. The van der Waals surface area contributed by atoms with Crippen molar-refractivity contribution in [3.8, 4) is 0 Å². The van der Waals surface area contributed by atoms with Crippen molar-refractivity contribution < 1.29 is 18.9 Å². The zero-order valence-electron chi connectivity index (χ0n) is 10.2. The van der Waals surface area contributed by atoms with Crippen LogP contribution in [0.15, 0.2) is 29.2 Å². The Morgan fingerprint density at radius 3 is 2.47 bits per heavy atom. The van der Waals surface area contributed by atoms with E-state index in [2.05, 4.69) is 4.18 Å². The van der Waals surface area contributed by atoms with Gasteiger partial charge in [-0.25, -0.2) is 0 Å². The molecule has 0 heterocycles. The molecule has 0 radical (unpaired) electrons. The first kappa shape index (κ1) is 12.0. The first-order valence-corrected chi connectivity index (χ1v) is 6.37. The lowest BCUT2D eigenvalue weighted by Gasteiger charge is -2.04. The average molecular weight is 260 g/mol. The zero-order chi connectivity index (χ0) is 13.8. The third-order valence-electron chi connectivity index (χ3n) is 1.94. The Bertz CT molecular complexity index is 514. The summed E-state index contributed by atoms with van der Waals surface area (Å²) < 4.78 is 35.4. The molecule has 0 spiro atoms. The second kappa shape index (κ2) is 5.74. The van der Waals surface area contributed by atoms with Gasteiger partial charge in [0, 0.05) is 12.1 Å². The van der Waals surface area contributed by atoms with Gasteiger partial charge in [-0.2, -0.15) is 8.42 Å². The molecule has 0 aliphatic rings. The fourth-order valence-corrected chi connectivity index (χ4v) is 1.90. The fourth-order valence-electron chi connectivity index (χ4n) is 1.05. The maximum Gasteiger partial charge on any atom is 0.296 e. The highest BCUT2D eigenvalue weighted by Gasteiger charge is 2.16. The highest BCUT2D eigenvalue weighted by Crippen LogP contribution is 2.17. The van der Waals surface area contributed by atoms with Crippen LogP contribution in [0.2, 0.25) is 0 Å². The Kier molecular flexibility index (Phi) is 4.05. The van der Waals surface area contributed by atoms with Crippen LogP contribution in [0.4, 0.5) is 5.69 Å². The predicted molar refractivity (Wildman–Crippen MR) is 61.1 cm³/mol. The van der Waals surface area contributed by atoms with Gasteiger partial charge in [-0.05, 0) is 18.6 Å². The number of nitro groups is 1. The molecule has 1 atom stereocenters. The normalized spacial score (nSPS) is 14.1. The summed E-state index contributed by atoms with van der Waals surface area (Å²) >= 11 is 0. The van der Waals surface area contributed by atoms with Gasteiger partial charge >= 0.3 is 0 Å². The van der Waals surface area contributed by atoms with E-state index >= 15 is 0 Å². The summed E-state index contributed by atoms with van der Waals surface area (Å²) in [5.74, 6) is 0. The second-order valence-electron chi connectivity index (χ2n) is 3.26. The minimum absolute atomic E-state index is 0.193. The van der Waals surface area contributed by atoms with Crippen LogP contribution in [-0.2, 0) is 14.3 Å². The lowest BCUT2D eigenvalue weighted by atomic mass is 10.3. The van der Waals surface area contributed by atoms with Crippen LogP contribution in [0.25, 0.3) is 0 Å². The van der Waals surface area contributed by atoms with Gasteiger partial charge in [0.25, 0.3) is 15.8 Å². The number of nitrogens with zero attached hydrogens (tertiary/aromatic N) is 1. The summed E-state index contributed by atoms with van der Waals surface area (Å²) in [5.41, 5.74) is -0.204. The summed E-state index contributed by atoms with van der Waals surface area (Å²) in [7, 11) is -4.03. The van der Waals surface area contributed by atoms with Gasteiger partial charge in [-0.15, -0.1) is 0 Å². The van der Waals surface area contributed by atoms with Crippen molar-refractivity contribution >= 4 is 15.8 Å². The van der Waals surface area contributed by atoms with Gasteiger partial charge in [-0.3, -0.25) is 14.3 Å². The summed E-state index contributed by atoms with van der Waals surface area (Å²) in [4.78, 5) is 9.60. The molecule has 1 aromatic carbocycles. The molecular weight excluding hydrogens is 246 g/mol. The number of hydrogen-bond donors (Lipinski definition) is 0. The predicted octanol–water partition coefficient (Wildman–Crippen LogP) is 2.10. The van der Waals surface area contributed by atoms with E-state index in [1.807, 2.05) is 6.92 Å². The van der Waals surface area contributed by atoms with Gasteiger partial charge in [-0.1, -0.05) is 13.3 Å². The Labute approximate surface area is 101 Å². The Balaban J connectivity index is 2.88. The van der Waals surface area contributed by atoms with Crippen molar-refractivity contribution in [2.24, 2.45) is 0 Å². The van der Waals surface area contributed by atoms with E-state index in [1.165, 1.54) is 0 Å². The van der Waals surface area contributed by atoms with Crippen LogP contribution in [0.1, 0.15) is 21.1 Å². The summed E-state index contributed by atoms with van der Waals surface area (Å²) in [6.45, 7) is 0.652. The molecule has 94 valence electrons. The molecule has 0 unspecified atom stereocenters. The highest BCUT2D eigenvalue weighted by molar-refractivity contribution is 7.86. The fraction of sp³-hybridized carbons (Fsp3) is 0.400. The molecule has 0 aliphatic heterocycles. The average Bonchev–Trinajstić information content (AvgIpc) is 2.28. The Morgan fingerprint density at radius 1 is 1.41 bits per heavy atom. The van der Waals surface area contributed by atoms with Crippen LogP contribution in [-0.4, -0.2) is 19.9 Å². The smallest absolute Gasteiger partial charge is 0.266 e. The third kappa shape index (κ3) is 3.79. The maximum absolute atomic E-state index is 11.7. The molecule has 1 aromatic rings. The number of non-ortho nitro benzene ring substituents is 1. The number of nitro benzene ring substituents is 1. The molecule has 0 bridgehead atoms. The van der Waals surface area contributed by atoms with Crippen molar-refractivity contribution in [3.05, 3.63) is 34.4 Å². The first-order chi connectivity index (χ1) is 8.36. The van der Waals surface area contributed by atoms with E-state index in [0.717, 1.165) is 24.3 Å². The van der Waals surface area contributed by atoms with Gasteiger partial charge < -0.3 is 0 Å². The number of hydrogen-bond acceptors (Lipinski definition) is 5. The standard InChI is InChI=1S/C10H13NO5S/c1-2-3-8-16-17(14,15)10-6-4-9(5-7-10)11(12)13/h4-7H,2-3,8H2,1H3/i8D/t8-/m1/s1. The van der Waals surface area contributed by atoms with Crippen LogP contribution < -0.4 is 0 Å². The number of benzene rings is 1. The second-order valence-corrected chi connectivity index (χ2v) is 4.83. The summed E-state index contributed by atoms with van der Waals surface area (Å²) in [6, 6.07) is 4.34. The SMILES string of the molecule is [2H][C@H](CCC)OS(=O)(=O)c1ccc([N+](=O)[O-])cc1. The molecule has 7 heteroatoms. The van der Waals surface area contributed by atoms with Gasteiger partial charge in [0.1, 0.15) is 0 Å².